The van der Waals surface area contributed by atoms with Crippen molar-refractivity contribution < 1.29 is 46.6 Å². The molecule has 49 heavy (non-hydrogen) atoms. The number of guanidine groups is 1. The number of nitrogens with two attached hydrogens (primary N) is 1. The maximum absolute atomic E-state index is 13.9. The van der Waals surface area contributed by atoms with Gasteiger partial charge in [0.2, 0.25) is 11.9 Å². The molecule has 0 spiro atoms. The Labute approximate surface area is 281 Å². The second kappa shape index (κ2) is 15.4. The lowest BCUT2D eigenvalue weighted by molar-refractivity contribution is -0.142. The van der Waals surface area contributed by atoms with Crippen LogP contribution in [0.5, 0.6) is 0 Å². The smallest absolute Gasteiger partial charge is 0.437 e. The normalized spacial score (nSPS) is 19.2. The summed E-state index contributed by atoms with van der Waals surface area (Å²) >= 11 is 0. The van der Waals surface area contributed by atoms with Crippen LogP contribution in [0.4, 0.5) is 22.8 Å². The molecule has 0 bridgehead atoms. The lowest BCUT2D eigenvalue weighted by Crippen LogP contribution is -2.58. The SMILES string of the molecule is CC(C)(C)OC(=O)NC(C(=O)N1CCC[C@H]1C(=O)N[C@H]1CCCN(/C(N)=N\C(=O)OCc2ccccc2)C1=O)c1cccc(C(F)(F)F)c1. The first kappa shape index (κ1) is 36.7. The van der Waals surface area contributed by atoms with Gasteiger partial charge in [-0.2, -0.15) is 13.2 Å². The number of ether oxygens (including phenoxy) is 2. The molecule has 0 aromatic heterocycles. The first-order valence-corrected chi connectivity index (χ1v) is 15.7. The maximum Gasteiger partial charge on any atom is 0.437 e. The molecule has 0 saturated carbocycles. The largest absolute Gasteiger partial charge is 0.444 e. The Bertz CT molecular complexity index is 1580. The Morgan fingerprint density at radius 3 is 2.37 bits per heavy atom. The van der Waals surface area contributed by atoms with E-state index in [-0.39, 0.29) is 38.1 Å². The molecule has 2 aliphatic rings. The van der Waals surface area contributed by atoms with Crippen molar-refractivity contribution in [3.63, 3.8) is 0 Å². The van der Waals surface area contributed by atoms with Crippen LogP contribution in [0.1, 0.15) is 69.2 Å². The number of amides is 5. The molecule has 0 aliphatic carbocycles. The Hall–Kier alpha value is -5.15. The van der Waals surface area contributed by atoms with E-state index in [1.165, 1.54) is 11.0 Å². The molecule has 3 atom stereocenters. The van der Waals surface area contributed by atoms with Crippen LogP contribution in [0.15, 0.2) is 59.6 Å². The predicted molar refractivity (Wildman–Crippen MR) is 169 cm³/mol. The monoisotopic (exact) mass is 688 g/mol. The fourth-order valence-corrected chi connectivity index (χ4v) is 5.49. The lowest BCUT2D eigenvalue weighted by Gasteiger charge is -2.34. The number of piperidine rings is 1. The van der Waals surface area contributed by atoms with Crippen molar-refractivity contribution in [2.45, 2.75) is 83.0 Å². The highest BCUT2D eigenvalue weighted by atomic mass is 19.4. The number of carbonyl (C=O) groups is 5. The summed E-state index contributed by atoms with van der Waals surface area (Å²) in [6.07, 6.45) is -5.56. The number of likely N-dealkylation sites (tertiary alicyclic amines) is 2. The molecule has 0 radical (unpaired) electrons. The minimum atomic E-state index is -4.72. The highest BCUT2D eigenvalue weighted by Crippen LogP contribution is 2.32. The number of carbonyl (C=O) groups excluding carboxylic acids is 5. The van der Waals surface area contributed by atoms with E-state index < -0.39 is 71.3 Å². The highest BCUT2D eigenvalue weighted by Gasteiger charge is 2.41. The lowest BCUT2D eigenvalue weighted by atomic mass is 10.0. The van der Waals surface area contributed by atoms with Crippen LogP contribution in [0.3, 0.4) is 0 Å². The topological polar surface area (TPSA) is 173 Å². The van der Waals surface area contributed by atoms with Crippen molar-refractivity contribution in [2.24, 2.45) is 10.7 Å². The van der Waals surface area contributed by atoms with Gasteiger partial charge in [-0.15, -0.1) is 4.99 Å². The van der Waals surface area contributed by atoms with E-state index in [1.807, 2.05) is 6.07 Å². The van der Waals surface area contributed by atoms with Crippen molar-refractivity contribution in [3.8, 4) is 0 Å². The van der Waals surface area contributed by atoms with E-state index in [0.717, 1.165) is 28.7 Å². The Kier molecular flexibility index (Phi) is 11.5. The number of hydrogen-bond acceptors (Lipinski definition) is 7. The van der Waals surface area contributed by atoms with Crippen molar-refractivity contribution in [1.82, 2.24) is 20.4 Å². The van der Waals surface area contributed by atoms with Gasteiger partial charge >= 0.3 is 18.4 Å². The molecule has 2 aliphatic heterocycles. The first-order valence-electron chi connectivity index (χ1n) is 15.7. The van der Waals surface area contributed by atoms with Gasteiger partial charge in [0, 0.05) is 13.1 Å². The minimum Gasteiger partial charge on any atom is -0.444 e. The van der Waals surface area contributed by atoms with E-state index in [0.29, 0.717) is 12.8 Å². The third-order valence-corrected chi connectivity index (χ3v) is 7.74. The molecule has 2 heterocycles. The summed E-state index contributed by atoms with van der Waals surface area (Å²) in [4.78, 5) is 71.6. The standard InChI is InChI=1S/C33H39F3N6O7/c1-32(2,3)49-31(47)39-25(21-12-7-13-22(18-21)33(34,35)36)28(45)41-16-9-15-24(41)26(43)38-23-14-8-17-42(27(23)44)29(37)40-30(46)48-19-20-10-5-4-6-11-20/h4-7,10-13,18,23-25H,8-9,14-17,19H2,1-3H3,(H,38,43)(H,39,47)(H2,37,40,46)/t23-,24-,25?/m0/s1. The van der Waals surface area contributed by atoms with Crippen LogP contribution < -0.4 is 16.4 Å². The van der Waals surface area contributed by atoms with Gasteiger partial charge in [-0.3, -0.25) is 19.3 Å². The summed E-state index contributed by atoms with van der Waals surface area (Å²) in [7, 11) is 0. The maximum atomic E-state index is 13.9. The summed E-state index contributed by atoms with van der Waals surface area (Å²) in [5, 5.41) is 5.02. The molecule has 13 nitrogen and oxygen atoms in total. The van der Waals surface area contributed by atoms with Gasteiger partial charge in [0.25, 0.3) is 11.8 Å². The first-order chi connectivity index (χ1) is 23.0. The van der Waals surface area contributed by atoms with Crippen LogP contribution in [0.25, 0.3) is 0 Å². The predicted octanol–water partition coefficient (Wildman–Crippen LogP) is 4.02. The molecule has 16 heteroatoms. The van der Waals surface area contributed by atoms with E-state index in [1.54, 1.807) is 45.0 Å². The molecular formula is C33H39F3N6O7. The molecule has 2 aromatic rings. The van der Waals surface area contributed by atoms with E-state index >= 15 is 0 Å². The second-order valence-electron chi connectivity index (χ2n) is 12.6. The molecule has 2 fully saturated rings. The zero-order chi connectivity index (χ0) is 35.9. The molecule has 2 saturated heterocycles. The fourth-order valence-electron chi connectivity index (χ4n) is 5.49. The number of nitrogens with zero attached hydrogens (tertiary/aromatic N) is 3. The number of rotatable bonds is 7. The van der Waals surface area contributed by atoms with Gasteiger partial charge in [-0.1, -0.05) is 42.5 Å². The Balaban J connectivity index is 1.46. The molecule has 5 amide bonds. The zero-order valence-electron chi connectivity index (χ0n) is 27.3. The van der Waals surface area contributed by atoms with Crippen molar-refractivity contribution in [3.05, 3.63) is 71.3 Å². The van der Waals surface area contributed by atoms with Crippen molar-refractivity contribution in [1.29, 1.82) is 0 Å². The number of hydrogen-bond donors (Lipinski definition) is 3. The van der Waals surface area contributed by atoms with E-state index in [9.17, 15) is 37.1 Å². The zero-order valence-corrected chi connectivity index (χ0v) is 27.3. The third kappa shape index (κ3) is 9.93. The van der Waals surface area contributed by atoms with Crippen molar-refractivity contribution >= 4 is 35.9 Å². The molecule has 264 valence electrons. The molecule has 4 rings (SSSR count). The van der Waals surface area contributed by atoms with Crippen LogP contribution in [0.2, 0.25) is 0 Å². The molecular weight excluding hydrogens is 649 g/mol. The van der Waals surface area contributed by atoms with E-state index in [2.05, 4.69) is 15.6 Å². The van der Waals surface area contributed by atoms with Gasteiger partial charge in [0.1, 0.15) is 30.3 Å². The van der Waals surface area contributed by atoms with Gasteiger partial charge in [0.15, 0.2) is 0 Å². The van der Waals surface area contributed by atoms with Gasteiger partial charge in [0.05, 0.1) is 5.56 Å². The summed E-state index contributed by atoms with van der Waals surface area (Å²) in [5.74, 6) is -2.54. The number of alkyl halides is 3. The molecule has 2 aromatic carbocycles. The fraction of sp³-hybridized carbons (Fsp3) is 0.455. The van der Waals surface area contributed by atoms with E-state index in [4.69, 9.17) is 15.2 Å². The average Bonchev–Trinajstić information content (AvgIpc) is 3.53. The summed E-state index contributed by atoms with van der Waals surface area (Å²) in [5.41, 5.74) is 4.52. The Morgan fingerprint density at radius 2 is 1.69 bits per heavy atom. The van der Waals surface area contributed by atoms with Gasteiger partial charge in [-0.25, -0.2) is 9.59 Å². The van der Waals surface area contributed by atoms with Crippen LogP contribution in [0, 0.1) is 0 Å². The van der Waals surface area contributed by atoms with Gasteiger partial charge in [-0.05, 0) is 69.7 Å². The van der Waals surface area contributed by atoms with Crippen LogP contribution >= 0.6 is 0 Å². The molecule has 4 N–H and O–H groups in total. The van der Waals surface area contributed by atoms with Gasteiger partial charge < -0.3 is 30.7 Å². The number of nitrogens with one attached hydrogen (secondary N) is 2. The van der Waals surface area contributed by atoms with Crippen LogP contribution in [-0.2, 0) is 36.6 Å². The third-order valence-electron chi connectivity index (χ3n) is 7.74. The number of benzene rings is 2. The molecule has 1 unspecified atom stereocenters. The average molecular weight is 689 g/mol. The van der Waals surface area contributed by atoms with Crippen molar-refractivity contribution in [2.75, 3.05) is 13.1 Å². The number of aliphatic imine (C=N–C) groups is 1. The second-order valence-corrected chi connectivity index (χ2v) is 12.6. The summed E-state index contributed by atoms with van der Waals surface area (Å²) in [6, 6.07) is 9.06. The number of halogens is 3. The van der Waals surface area contributed by atoms with Crippen LogP contribution in [-0.4, -0.2) is 76.4 Å². The summed E-state index contributed by atoms with van der Waals surface area (Å²) in [6.45, 7) is 4.90. The Morgan fingerprint density at radius 1 is 1.00 bits per heavy atom. The number of alkyl carbamates (subject to hydrolysis) is 1. The summed E-state index contributed by atoms with van der Waals surface area (Å²) < 4.78 is 51.0. The quantitative estimate of drug-likeness (QED) is 0.289. The minimum absolute atomic E-state index is 0.0540. The highest BCUT2D eigenvalue weighted by molar-refractivity contribution is 6.03.